The van der Waals surface area contributed by atoms with E-state index in [4.69, 9.17) is 0 Å². The molecule has 0 aliphatic carbocycles. The number of hydrogen-bond acceptors (Lipinski definition) is 0. The minimum absolute atomic E-state index is 0.119. The zero-order chi connectivity index (χ0) is 13.3. The minimum atomic E-state index is -0.203. The number of alkyl halides is 1. The van der Waals surface area contributed by atoms with Crippen molar-refractivity contribution in [2.75, 3.05) is 0 Å². The van der Waals surface area contributed by atoms with Gasteiger partial charge in [0.1, 0.15) is 5.82 Å². The fourth-order valence-corrected chi connectivity index (χ4v) is 3.20. The van der Waals surface area contributed by atoms with Crippen LogP contribution in [0, 0.1) is 19.7 Å². The van der Waals surface area contributed by atoms with Gasteiger partial charge in [-0.05, 0) is 37.1 Å². The molecule has 0 spiro atoms. The Balaban J connectivity index is 2.44. The van der Waals surface area contributed by atoms with Gasteiger partial charge in [-0.15, -0.1) is 0 Å². The van der Waals surface area contributed by atoms with Crippen LogP contribution in [0.3, 0.4) is 0 Å². The molecule has 0 aromatic heterocycles. The zero-order valence-electron chi connectivity index (χ0n) is 10.2. The van der Waals surface area contributed by atoms with Gasteiger partial charge in [0.2, 0.25) is 0 Å². The summed E-state index contributed by atoms with van der Waals surface area (Å²) in [4.78, 5) is -0.119. The molecular formula is C15H13Br2F. The lowest BCUT2D eigenvalue weighted by Crippen LogP contribution is -1.99. The lowest BCUT2D eigenvalue weighted by Gasteiger charge is -2.15. The average Bonchev–Trinajstić information content (AvgIpc) is 2.28. The summed E-state index contributed by atoms with van der Waals surface area (Å²) in [5, 5.41) is 0. The third-order valence-corrected chi connectivity index (χ3v) is 4.41. The monoisotopic (exact) mass is 370 g/mol. The first-order valence-electron chi connectivity index (χ1n) is 5.65. The molecule has 0 saturated heterocycles. The van der Waals surface area contributed by atoms with Crippen LogP contribution in [0.4, 0.5) is 4.39 Å². The van der Waals surface area contributed by atoms with E-state index in [9.17, 15) is 4.39 Å². The maximum atomic E-state index is 13.9. The van der Waals surface area contributed by atoms with Crippen LogP contribution in [0.5, 0.6) is 0 Å². The van der Waals surface area contributed by atoms with Gasteiger partial charge in [-0.2, -0.15) is 0 Å². The average molecular weight is 372 g/mol. The van der Waals surface area contributed by atoms with Gasteiger partial charge >= 0.3 is 0 Å². The van der Waals surface area contributed by atoms with Crippen LogP contribution in [-0.4, -0.2) is 0 Å². The summed E-state index contributed by atoms with van der Waals surface area (Å²) in [6.07, 6.45) is 0. The summed E-state index contributed by atoms with van der Waals surface area (Å²) in [6, 6.07) is 11.4. The third kappa shape index (κ3) is 2.83. The molecule has 0 heterocycles. The van der Waals surface area contributed by atoms with E-state index >= 15 is 0 Å². The van der Waals surface area contributed by atoms with Crippen LogP contribution in [0.1, 0.15) is 27.1 Å². The Bertz CT molecular complexity index is 527. The second-order valence-electron chi connectivity index (χ2n) is 4.39. The summed E-state index contributed by atoms with van der Waals surface area (Å²) < 4.78 is 14.7. The van der Waals surface area contributed by atoms with E-state index in [1.807, 2.05) is 25.1 Å². The normalized spacial score (nSPS) is 12.5. The van der Waals surface area contributed by atoms with Crippen molar-refractivity contribution in [1.29, 1.82) is 0 Å². The highest BCUT2D eigenvalue weighted by Gasteiger charge is 2.16. The van der Waals surface area contributed by atoms with Gasteiger partial charge in [0, 0.05) is 10.0 Å². The molecule has 0 aliphatic rings. The minimum Gasteiger partial charge on any atom is -0.207 e. The van der Waals surface area contributed by atoms with Gasteiger partial charge in [0.05, 0.1) is 4.83 Å². The van der Waals surface area contributed by atoms with Crippen LogP contribution < -0.4 is 0 Å². The molecule has 18 heavy (non-hydrogen) atoms. The molecule has 0 bridgehead atoms. The van der Waals surface area contributed by atoms with E-state index in [1.165, 1.54) is 17.2 Å². The topological polar surface area (TPSA) is 0 Å². The highest BCUT2D eigenvalue weighted by Crippen LogP contribution is 2.35. The Morgan fingerprint density at radius 1 is 1.00 bits per heavy atom. The lowest BCUT2D eigenvalue weighted by molar-refractivity contribution is 0.612. The van der Waals surface area contributed by atoms with E-state index in [2.05, 4.69) is 44.8 Å². The molecule has 0 radical (unpaired) electrons. The van der Waals surface area contributed by atoms with Crippen molar-refractivity contribution in [2.45, 2.75) is 18.7 Å². The summed E-state index contributed by atoms with van der Waals surface area (Å²) in [7, 11) is 0. The number of hydrogen-bond donors (Lipinski definition) is 0. The van der Waals surface area contributed by atoms with E-state index in [-0.39, 0.29) is 10.6 Å². The Morgan fingerprint density at radius 2 is 1.67 bits per heavy atom. The Labute approximate surface area is 123 Å². The highest BCUT2D eigenvalue weighted by atomic mass is 79.9. The van der Waals surface area contributed by atoms with Gasteiger partial charge in [-0.3, -0.25) is 0 Å². The summed E-state index contributed by atoms with van der Waals surface area (Å²) in [5.41, 5.74) is 4.14. The lowest BCUT2D eigenvalue weighted by atomic mass is 9.98. The first kappa shape index (κ1) is 13.8. The molecule has 94 valence electrons. The highest BCUT2D eigenvalue weighted by molar-refractivity contribution is 9.10. The summed E-state index contributed by atoms with van der Waals surface area (Å²) >= 11 is 6.86. The molecular weight excluding hydrogens is 359 g/mol. The zero-order valence-corrected chi connectivity index (χ0v) is 13.3. The van der Waals surface area contributed by atoms with Gasteiger partial charge in [-0.1, -0.05) is 61.7 Å². The number of halogens is 3. The Hall–Kier alpha value is -0.670. The Morgan fingerprint density at radius 3 is 2.28 bits per heavy atom. The fourth-order valence-electron chi connectivity index (χ4n) is 1.98. The van der Waals surface area contributed by atoms with Crippen LogP contribution >= 0.6 is 31.9 Å². The first-order chi connectivity index (χ1) is 8.49. The molecule has 0 N–H and O–H groups in total. The smallest absolute Gasteiger partial charge is 0.129 e. The molecule has 2 aromatic rings. The summed E-state index contributed by atoms with van der Waals surface area (Å²) in [6.45, 7) is 4.10. The van der Waals surface area contributed by atoms with Gasteiger partial charge in [-0.25, -0.2) is 4.39 Å². The molecule has 1 atom stereocenters. The van der Waals surface area contributed by atoms with Crippen LogP contribution in [0.15, 0.2) is 40.9 Å². The van der Waals surface area contributed by atoms with Crippen molar-refractivity contribution in [3.63, 3.8) is 0 Å². The van der Waals surface area contributed by atoms with Crippen molar-refractivity contribution < 1.29 is 4.39 Å². The predicted molar refractivity (Wildman–Crippen MR) is 80.8 cm³/mol. The molecule has 2 rings (SSSR count). The summed E-state index contributed by atoms with van der Waals surface area (Å²) in [5.74, 6) is -0.203. The van der Waals surface area contributed by atoms with E-state index in [0.29, 0.717) is 5.56 Å². The fraction of sp³-hybridized carbons (Fsp3) is 0.200. The SMILES string of the molecule is Cc1ccc(C(Br)c2ccc(Br)cc2F)c(C)c1. The van der Waals surface area contributed by atoms with Gasteiger partial charge in [0.15, 0.2) is 0 Å². The maximum Gasteiger partial charge on any atom is 0.129 e. The molecule has 2 aromatic carbocycles. The standard InChI is InChI=1S/C15H13Br2F/c1-9-3-5-12(10(2)7-9)15(17)13-6-4-11(16)8-14(13)18/h3-8,15H,1-2H3. The second-order valence-corrected chi connectivity index (χ2v) is 6.22. The van der Waals surface area contributed by atoms with Crippen LogP contribution in [-0.2, 0) is 0 Å². The number of aryl methyl sites for hydroxylation is 2. The molecule has 0 amide bonds. The van der Waals surface area contributed by atoms with Crippen molar-refractivity contribution in [2.24, 2.45) is 0 Å². The van der Waals surface area contributed by atoms with Crippen LogP contribution in [0.25, 0.3) is 0 Å². The van der Waals surface area contributed by atoms with Crippen LogP contribution in [0.2, 0.25) is 0 Å². The largest absolute Gasteiger partial charge is 0.207 e. The molecule has 0 saturated carbocycles. The molecule has 3 heteroatoms. The van der Waals surface area contributed by atoms with Crippen molar-refractivity contribution in [3.05, 3.63) is 68.9 Å². The van der Waals surface area contributed by atoms with Crippen molar-refractivity contribution >= 4 is 31.9 Å². The van der Waals surface area contributed by atoms with E-state index in [0.717, 1.165) is 10.0 Å². The van der Waals surface area contributed by atoms with Crippen molar-refractivity contribution in [1.82, 2.24) is 0 Å². The van der Waals surface area contributed by atoms with E-state index in [1.54, 1.807) is 6.07 Å². The third-order valence-electron chi connectivity index (χ3n) is 2.93. The number of benzene rings is 2. The first-order valence-corrected chi connectivity index (χ1v) is 7.36. The van der Waals surface area contributed by atoms with Crippen molar-refractivity contribution in [3.8, 4) is 0 Å². The number of rotatable bonds is 2. The van der Waals surface area contributed by atoms with E-state index < -0.39 is 0 Å². The molecule has 0 aliphatic heterocycles. The predicted octanol–water partition coefficient (Wildman–Crippen LogP) is 5.69. The second kappa shape index (κ2) is 5.54. The molecule has 0 fully saturated rings. The maximum absolute atomic E-state index is 13.9. The molecule has 0 nitrogen and oxygen atoms in total. The molecule has 1 unspecified atom stereocenters. The Kier molecular flexibility index (Phi) is 4.23. The quantitative estimate of drug-likeness (QED) is 0.595. The van der Waals surface area contributed by atoms with Gasteiger partial charge < -0.3 is 0 Å². The van der Waals surface area contributed by atoms with Gasteiger partial charge in [0.25, 0.3) is 0 Å².